The molecule has 2 rings (SSSR count). The molecule has 0 aliphatic rings. The summed E-state index contributed by atoms with van der Waals surface area (Å²) in [4.78, 5) is 3.78. The number of hydrogen-bond donors (Lipinski definition) is 2. The average molecular weight is 281 g/mol. The third kappa shape index (κ3) is 3.00. The maximum Gasteiger partial charge on any atom is 0.262 e. The predicted molar refractivity (Wildman–Crippen MR) is 70.6 cm³/mol. The molecule has 1 heterocycles. The minimum Gasteiger partial charge on any atom is -0.396 e. The minimum absolute atomic E-state index is 0.104. The Bertz CT molecular complexity index is 717. The molecule has 19 heavy (non-hydrogen) atoms. The number of pyridine rings is 1. The lowest BCUT2D eigenvalue weighted by Gasteiger charge is -2.09. The van der Waals surface area contributed by atoms with Crippen LogP contribution in [0, 0.1) is 12.7 Å². The molecule has 3 N–H and O–H groups in total. The second-order valence-corrected chi connectivity index (χ2v) is 5.72. The number of nitrogens with two attached hydrogens (primary N) is 1. The van der Waals surface area contributed by atoms with Crippen molar-refractivity contribution in [3.63, 3.8) is 0 Å². The Morgan fingerprint density at radius 1 is 1.26 bits per heavy atom. The van der Waals surface area contributed by atoms with Gasteiger partial charge >= 0.3 is 0 Å². The van der Waals surface area contributed by atoms with Gasteiger partial charge in [-0.05, 0) is 36.8 Å². The summed E-state index contributed by atoms with van der Waals surface area (Å²) in [5.74, 6) is -0.656. The van der Waals surface area contributed by atoms with Gasteiger partial charge in [0.25, 0.3) is 10.0 Å². The number of anilines is 2. The van der Waals surface area contributed by atoms with E-state index in [-0.39, 0.29) is 10.6 Å². The Labute approximate surface area is 110 Å². The number of rotatable bonds is 3. The van der Waals surface area contributed by atoms with Crippen LogP contribution in [0.4, 0.5) is 15.8 Å². The Balaban J connectivity index is 2.35. The van der Waals surface area contributed by atoms with Crippen LogP contribution in [0.5, 0.6) is 0 Å². The number of hydrogen-bond acceptors (Lipinski definition) is 4. The van der Waals surface area contributed by atoms with Gasteiger partial charge in [0.05, 0.1) is 22.5 Å². The first-order valence-corrected chi connectivity index (χ1v) is 6.86. The fourth-order valence-corrected chi connectivity index (χ4v) is 2.58. The van der Waals surface area contributed by atoms with E-state index in [2.05, 4.69) is 9.71 Å². The molecule has 0 spiro atoms. The highest BCUT2D eigenvalue weighted by molar-refractivity contribution is 7.92. The smallest absolute Gasteiger partial charge is 0.262 e. The van der Waals surface area contributed by atoms with Crippen LogP contribution in [0.3, 0.4) is 0 Å². The number of aryl methyl sites for hydroxylation is 1. The van der Waals surface area contributed by atoms with Crippen molar-refractivity contribution in [3.05, 3.63) is 48.0 Å². The van der Waals surface area contributed by atoms with Gasteiger partial charge in [-0.3, -0.25) is 9.71 Å². The van der Waals surface area contributed by atoms with Gasteiger partial charge in [-0.2, -0.15) is 0 Å². The van der Waals surface area contributed by atoms with Gasteiger partial charge in [0.1, 0.15) is 5.82 Å². The topological polar surface area (TPSA) is 85.1 Å². The second-order valence-electron chi connectivity index (χ2n) is 4.04. The van der Waals surface area contributed by atoms with Crippen LogP contribution in [0.2, 0.25) is 0 Å². The zero-order chi connectivity index (χ0) is 14.0. The lowest BCUT2D eigenvalue weighted by molar-refractivity contribution is 0.600. The number of aromatic nitrogens is 1. The van der Waals surface area contributed by atoms with Crippen molar-refractivity contribution < 1.29 is 12.8 Å². The highest BCUT2D eigenvalue weighted by Crippen LogP contribution is 2.19. The van der Waals surface area contributed by atoms with E-state index in [1.807, 2.05) is 0 Å². The maximum absolute atomic E-state index is 13.0. The molecule has 0 fully saturated rings. The SMILES string of the molecule is Cc1cncc(NS(=O)(=O)c2ccc(F)c(N)c2)c1. The second kappa shape index (κ2) is 4.85. The molecule has 100 valence electrons. The predicted octanol–water partition coefficient (Wildman–Crippen LogP) is 1.91. The van der Waals surface area contributed by atoms with E-state index in [0.717, 1.165) is 23.8 Å². The van der Waals surface area contributed by atoms with Crippen molar-refractivity contribution in [2.24, 2.45) is 0 Å². The molecule has 0 unspecified atom stereocenters. The van der Waals surface area contributed by atoms with Crippen LogP contribution in [0.1, 0.15) is 5.56 Å². The molecule has 0 amide bonds. The molecule has 0 radical (unpaired) electrons. The largest absolute Gasteiger partial charge is 0.396 e. The lowest BCUT2D eigenvalue weighted by atomic mass is 10.3. The molecular weight excluding hydrogens is 269 g/mol. The zero-order valence-corrected chi connectivity index (χ0v) is 10.9. The van der Waals surface area contributed by atoms with Crippen LogP contribution in [0.25, 0.3) is 0 Å². The summed E-state index contributed by atoms with van der Waals surface area (Å²) in [5.41, 5.74) is 6.29. The Morgan fingerprint density at radius 2 is 2.00 bits per heavy atom. The zero-order valence-electron chi connectivity index (χ0n) is 10.1. The molecule has 1 aromatic carbocycles. The van der Waals surface area contributed by atoms with Crippen LogP contribution in [-0.4, -0.2) is 13.4 Å². The first-order valence-electron chi connectivity index (χ1n) is 5.38. The first-order chi connectivity index (χ1) is 8.88. The molecule has 0 saturated heterocycles. The van der Waals surface area contributed by atoms with Gasteiger partial charge in [-0.25, -0.2) is 12.8 Å². The summed E-state index contributed by atoms with van der Waals surface area (Å²) in [5, 5.41) is 0. The maximum atomic E-state index is 13.0. The summed E-state index contributed by atoms with van der Waals surface area (Å²) in [6, 6.07) is 4.87. The van der Waals surface area contributed by atoms with Crippen molar-refractivity contribution in [2.45, 2.75) is 11.8 Å². The summed E-state index contributed by atoms with van der Waals surface area (Å²) in [6.45, 7) is 1.79. The van der Waals surface area contributed by atoms with Crippen molar-refractivity contribution in [1.82, 2.24) is 4.98 Å². The fourth-order valence-electron chi connectivity index (χ4n) is 1.51. The number of nitrogens with zero attached hydrogens (tertiary/aromatic N) is 1. The van der Waals surface area contributed by atoms with E-state index >= 15 is 0 Å². The molecule has 1 aromatic heterocycles. The molecule has 2 aromatic rings. The van der Waals surface area contributed by atoms with Gasteiger partial charge in [0.2, 0.25) is 0 Å². The number of halogens is 1. The van der Waals surface area contributed by atoms with E-state index in [1.165, 1.54) is 6.20 Å². The van der Waals surface area contributed by atoms with Crippen LogP contribution in [0.15, 0.2) is 41.6 Å². The third-order valence-corrected chi connectivity index (χ3v) is 3.78. The Morgan fingerprint density at radius 3 is 2.63 bits per heavy atom. The Hall–Kier alpha value is -2.15. The van der Waals surface area contributed by atoms with Gasteiger partial charge in [-0.1, -0.05) is 0 Å². The van der Waals surface area contributed by atoms with Crippen molar-refractivity contribution >= 4 is 21.4 Å². The molecule has 0 atom stereocenters. The third-order valence-electron chi connectivity index (χ3n) is 2.40. The molecule has 5 nitrogen and oxygen atoms in total. The molecule has 0 aliphatic carbocycles. The first kappa shape index (κ1) is 13.3. The average Bonchev–Trinajstić information content (AvgIpc) is 2.32. The standard InChI is InChI=1S/C12H12FN3O2S/c1-8-4-9(7-15-6-8)16-19(17,18)10-2-3-11(13)12(14)5-10/h2-7,16H,14H2,1H3. The molecule has 0 saturated carbocycles. The minimum atomic E-state index is -3.81. The molecule has 0 aliphatic heterocycles. The summed E-state index contributed by atoms with van der Waals surface area (Å²) < 4.78 is 39.5. The van der Waals surface area contributed by atoms with Crippen LogP contribution >= 0.6 is 0 Å². The Kier molecular flexibility index (Phi) is 3.39. The van der Waals surface area contributed by atoms with E-state index in [9.17, 15) is 12.8 Å². The monoisotopic (exact) mass is 281 g/mol. The van der Waals surface area contributed by atoms with E-state index in [4.69, 9.17) is 5.73 Å². The summed E-state index contributed by atoms with van der Waals surface area (Å²) in [6.07, 6.45) is 2.99. The van der Waals surface area contributed by atoms with E-state index in [1.54, 1.807) is 19.2 Å². The highest BCUT2D eigenvalue weighted by Gasteiger charge is 2.15. The summed E-state index contributed by atoms with van der Waals surface area (Å²) >= 11 is 0. The van der Waals surface area contributed by atoms with E-state index in [0.29, 0.717) is 5.69 Å². The van der Waals surface area contributed by atoms with Crippen LogP contribution < -0.4 is 10.5 Å². The number of benzene rings is 1. The van der Waals surface area contributed by atoms with Gasteiger partial charge in [0, 0.05) is 6.20 Å². The van der Waals surface area contributed by atoms with E-state index < -0.39 is 15.8 Å². The highest BCUT2D eigenvalue weighted by atomic mass is 32.2. The van der Waals surface area contributed by atoms with Crippen molar-refractivity contribution in [1.29, 1.82) is 0 Å². The molecule has 7 heteroatoms. The molecule has 0 bridgehead atoms. The number of nitrogens with one attached hydrogen (secondary N) is 1. The quantitative estimate of drug-likeness (QED) is 0.842. The van der Waals surface area contributed by atoms with Crippen LogP contribution in [-0.2, 0) is 10.0 Å². The fraction of sp³-hybridized carbons (Fsp3) is 0.0833. The van der Waals surface area contributed by atoms with Crippen molar-refractivity contribution in [2.75, 3.05) is 10.5 Å². The van der Waals surface area contributed by atoms with Crippen molar-refractivity contribution in [3.8, 4) is 0 Å². The number of nitrogen functional groups attached to an aromatic ring is 1. The normalized spacial score (nSPS) is 11.3. The van der Waals surface area contributed by atoms with Gasteiger partial charge in [0.15, 0.2) is 0 Å². The van der Waals surface area contributed by atoms with Gasteiger partial charge in [-0.15, -0.1) is 0 Å². The molecular formula is C12H12FN3O2S. The number of sulfonamides is 1. The lowest BCUT2D eigenvalue weighted by Crippen LogP contribution is -2.13. The summed E-state index contributed by atoms with van der Waals surface area (Å²) in [7, 11) is -3.81. The van der Waals surface area contributed by atoms with Gasteiger partial charge < -0.3 is 5.73 Å².